The Morgan fingerprint density at radius 1 is 0.829 bits per heavy atom. The van der Waals surface area contributed by atoms with E-state index in [2.05, 4.69) is 10.0 Å². The van der Waals surface area contributed by atoms with Crippen LogP contribution in [-0.4, -0.2) is 62.4 Å². The number of azide groups is 1. The topological polar surface area (TPSA) is 138 Å². The van der Waals surface area contributed by atoms with Gasteiger partial charge in [-0.25, -0.2) is 9.59 Å². The first kappa shape index (κ1) is 28.3. The van der Waals surface area contributed by atoms with Crippen LogP contribution in [0.15, 0.2) is 96.1 Å². The van der Waals surface area contributed by atoms with E-state index in [1.54, 1.807) is 60.7 Å². The molecule has 11 nitrogen and oxygen atoms in total. The molecule has 2 heterocycles. The number of benzene rings is 3. The zero-order valence-electron chi connectivity index (χ0n) is 22.1. The van der Waals surface area contributed by atoms with Crippen LogP contribution in [0.2, 0.25) is 0 Å². The Balaban J connectivity index is 1.45. The lowest BCUT2D eigenvalue weighted by Gasteiger charge is -2.48. The Hall–Kier alpha value is -4.25. The quantitative estimate of drug-likeness (QED) is 0.111. The highest BCUT2D eigenvalue weighted by molar-refractivity contribution is 5.90. The van der Waals surface area contributed by atoms with Gasteiger partial charge >= 0.3 is 11.9 Å². The molecule has 0 aliphatic carbocycles. The molecule has 2 aliphatic rings. The van der Waals surface area contributed by atoms with Crippen LogP contribution in [0.25, 0.3) is 10.4 Å². The fourth-order valence-corrected chi connectivity index (χ4v) is 4.63. The zero-order valence-corrected chi connectivity index (χ0v) is 22.1. The van der Waals surface area contributed by atoms with Gasteiger partial charge in [-0.3, -0.25) is 0 Å². The molecule has 0 spiro atoms. The summed E-state index contributed by atoms with van der Waals surface area (Å²) in [6.07, 6.45) is -5.32. The van der Waals surface area contributed by atoms with Gasteiger partial charge < -0.3 is 28.4 Å². The summed E-state index contributed by atoms with van der Waals surface area (Å²) in [6, 6.07) is 26.3. The van der Waals surface area contributed by atoms with Crippen molar-refractivity contribution < 1.29 is 38.0 Å². The van der Waals surface area contributed by atoms with E-state index in [4.69, 9.17) is 34.0 Å². The predicted molar refractivity (Wildman–Crippen MR) is 145 cm³/mol. The molecule has 212 valence electrons. The molecule has 41 heavy (non-hydrogen) atoms. The van der Waals surface area contributed by atoms with Crippen molar-refractivity contribution in [3.63, 3.8) is 0 Å². The predicted octanol–water partition coefficient (Wildman–Crippen LogP) is 4.99. The summed E-state index contributed by atoms with van der Waals surface area (Å²) in [4.78, 5) is 29.3. The highest BCUT2D eigenvalue weighted by Gasteiger charge is 2.54. The van der Waals surface area contributed by atoms with Crippen molar-refractivity contribution in [1.82, 2.24) is 0 Å². The van der Waals surface area contributed by atoms with Crippen molar-refractivity contribution in [3.05, 3.63) is 118 Å². The lowest BCUT2D eigenvalue weighted by Crippen LogP contribution is -2.64. The van der Waals surface area contributed by atoms with Crippen molar-refractivity contribution in [2.75, 3.05) is 19.8 Å². The second kappa shape index (κ2) is 13.9. The van der Waals surface area contributed by atoms with Gasteiger partial charge in [-0.15, -0.1) is 0 Å². The Bertz CT molecular complexity index is 1340. The molecule has 6 atom stereocenters. The van der Waals surface area contributed by atoms with Crippen molar-refractivity contribution in [1.29, 1.82) is 0 Å². The summed E-state index contributed by atoms with van der Waals surface area (Å²) in [7, 11) is 0. The molecule has 2 aliphatic heterocycles. The molecule has 11 heteroatoms. The number of carbonyl (C=O) groups excluding carboxylic acids is 2. The smallest absolute Gasteiger partial charge is 0.338 e. The summed E-state index contributed by atoms with van der Waals surface area (Å²) in [6.45, 7) is 0.455. The molecule has 0 radical (unpaired) electrons. The molecule has 2 fully saturated rings. The maximum atomic E-state index is 13.3. The third-order valence-electron chi connectivity index (χ3n) is 6.61. The number of hydrogen-bond acceptors (Lipinski definition) is 9. The number of esters is 2. The van der Waals surface area contributed by atoms with Crippen LogP contribution in [-0.2, 0) is 28.4 Å². The molecule has 0 unspecified atom stereocenters. The standard InChI is InChI=1S/C30H29N3O8/c31-33-32-17-10-18-36-30-26(40-28(35)21-13-6-2-7-14-21)25(39-27(34)20-11-4-1-5-12-20)24-23(38-30)19-37-29(41-24)22-15-8-3-9-16-22/h1-9,11-16,23-26,29-30H,10,17-19H2/t23-,24-,25+,26-,29-,30-/m1/s1. The normalized spacial score (nSPS) is 25.3. The molecule has 2 saturated heterocycles. The fraction of sp³-hybridized carbons (Fsp3) is 0.333. The Morgan fingerprint density at radius 3 is 2.02 bits per heavy atom. The first-order valence-corrected chi connectivity index (χ1v) is 13.3. The van der Waals surface area contributed by atoms with E-state index in [1.807, 2.05) is 30.3 Å². The highest BCUT2D eigenvalue weighted by atomic mass is 16.8. The van der Waals surface area contributed by atoms with Gasteiger partial charge in [0.05, 0.1) is 24.3 Å². The van der Waals surface area contributed by atoms with Gasteiger partial charge in [0.1, 0.15) is 12.2 Å². The minimum atomic E-state index is -1.19. The van der Waals surface area contributed by atoms with Crippen LogP contribution in [0.3, 0.4) is 0 Å². The third-order valence-corrected chi connectivity index (χ3v) is 6.61. The second-order valence-corrected chi connectivity index (χ2v) is 9.37. The maximum Gasteiger partial charge on any atom is 0.338 e. The molecular formula is C30H29N3O8. The van der Waals surface area contributed by atoms with Gasteiger partial charge in [-0.2, -0.15) is 0 Å². The summed E-state index contributed by atoms with van der Waals surface area (Å²) in [5.41, 5.74) is 9.97. The lowest BCUT2D eigenvalue weighted by atomic mass is 9.97. The Kier molecular flexibility index (Phi) is 9.58. The van der Waals surface area contributed by atoms with Crippen LogP contribution in [0.1, 0.15) is 39.0 Å². The van der Waals surface area contributed by atoms with Gasteiger partial charge in [0.2, 0.25) is 0 Å². The Morgan fingerprint density at radius 2 is 1.41 bits per heavy atom. The SMILES string of the molecule is [N-]=[N+]=NCCCO[C@@H]1O[C@@H]2CO[C@@H](c3ccccc3)O[C@H]2[C@H](OC(=O)c2ccccc2)[C@H]1OC(=O)c1ccccc1. The number of nitrogens with zero attached hydrogens (tertiary/aromatic N) is 3. The average Bonchev–Trinajstić information content (AvgIpc) is 3.03. The molecule has 0 N–H and O–H groups in total. The van der Waals surface area contributed by atoms with Gasteiger partial charge in [0.15, 0.2) is 24.8 Å². The number of rotatable bonds is 10. The number of hydrogen-bond donors (Lipinski definition) is 0. The van der Waals surface area contributed by atoms with E-state index in [9.17, 15) is 9.59 Å². The number of fused-ring (bicyclic) bond motifs is 1. The fourth-order valence-electron chi connectivity index (χ4n) is 4.63. The van der Waals surface area contributed by atoms with Crippen molar-refractivity contribution >= 4 is 11.9 Å². The van der Waals surface area contributed by atoms with Gasteiger partial charge in [-0.05, 0) is 36.2 Å². The highest BCUT2D eigenvalue weighted by Crippen LogP contribution is 2.37. The maximum absolute atomic E-state index is 13.3. The summed E-state index contributed by atoms with van der Waals surface area (Å²) >= 11 is 0. The minimum Gasteiger partial charge on any atom is -0.452 e. The van der Waals surface area contributed by atoms with Gasteiger partial charge in [0, 0.05) is 17.0 Å². The molecule has 0 aromatic heterocycles. The molecular weight excluding hydrogens is 530 g/mol. The number of carbonyl (C=O) groups is 2. The summed E-state index contributed by atoms with van der Waals surface area (Å²) < 4.78 is 36.4. The van der Waals surface area contributed by atoms with Crippen molar-refractivity contribution in [3.8, 4) is 0 Å². The Labute approximate surface area is 236 Å². The van der Waals surface area contributed by atoms with E-state index in [0.29, 0.717) is 17.5 Å². The van der Waals surface area contributed by atoms with E-state index >= 15 is 0 Å². The van der Waals surface area contributed by atoms with Crippen molar-refractivity contribution in [2.45, 2.75) is 43.4 Å². The van der Waals surface area contributed by atoms with Crippen LogP contribution in [0.4, 0.5) is 0 Å². The molecule has 5 rings (SSSR count). The number of ether oxygens (including phenoxy) is 6. The third kappa shape index (κ3) is 7.10. The lowest BCUT2D eigenvalue weighted by molar-refractivity contribution is -0.359. The molecule has 0 amide bonds. The second-order valence-electron chi connectivity index (χ2n) is 9.37. The van der Waals surface area contributed by atoms with E-state index < -0.39 is 48.9 Å². The van der Waals surface area contributed by atoms with Crippen LogP contribution < -0.4 is 0 Å². The molecule has 3 aromatic carbocycles. The minimum absolute atomic E-state index is 0.113. The van der Waals surface area contributed by atoms with E-state index in [0.717, 1.165) is 5.56 Å². The van der Waals surface area contributed by atoms with Crippen molar-refractivity contribution in [2.24, 2.45) is 5.11 Å². The van der Waals surface area contributed by atoms with Crippen LogP contribution in [0.5, 0.6) is 0 Å². The summed E-state index contributed by atoms with van der Waals surface area (Å²) in [5.74, 6) is -1.27. The first-order chi connectivity index (χ1) is 20.1. The van der Waals surface area contributed by atoms with Gasteiger partial charge in [0.25, 0.3) is 0 Å². The van der Waals surface area contributed by atoms with E-state index in [-0.39, 0.29) is 19.8 Å². The molecule has 0 bridgehead atoms. The van der Waals surface area contributed by atoms with E-state index in [1.165, 1.54) is 0 Å². The zero-order chi connectivity index (χ0) is 28.4. The monoisotopic (exact) mass is 559 g/mol. The summed E-state index contributed by atoms with van der Waals surface area (Å²) in [5, 5.41) is 3.52. The molecule has 0 saturated carbocycles. The van der Waals surface area contributed by atoms with Crippen LogP contribution in [0, 0.1) is 0 Å². The average molecular weight is 560 g/mol. The van der Waals surface area contributed by atoms with Gasteiger partial charge in [-0.1, -0.05) is 71.8 Å². The van der Waals surface area contributed by atoms with Crippen LogP contribution >= 0.6 is 0 Å². The molecule has 3 aromatic rings. The largest absolute Gasteiger partial charge is 0.452 e. The first-order valence-electron chi connectivity index (χ1n) is 13.3.